The van der Waals surface area contributed by atoms with Crippen molar-refractivity contribution in [1.82, 2.24) is 0 Å². The quantitative estimate of drug-likeness (QED) is 0.617. The normalized spacial score (nSPS) is 14.0. The summed E-state index contributed by atoms with van der Waals surface area (Å²) in [6.07, 6.45) is 3.54. The van der Waals surface area contributed by atoms with Crippen LogP contribution in [0.5, 0.6) is 0 Å². The van der Waals surface area contributed by atoms with Crippen LogP contribution in [-0.4, -0.2) is 6.54 Å². The van der Waals surface area contributed by atoms with E-state index in [1.807, 2.05) is 0 Å². The molecule has 3 aromatic carbocycles. The van der Waals surface area contributed by atoms with Crippen LogP contribution in [0.1, 0.15) is 6.42 Å². The van der Waals surface area contributed by atoms with Gasteiger partial charge in [-0.1, -0.05) is 84.9 Å². The molecular weight excluding hydrogens is 309 g/mol. The summed E-state index contributed by atoms with van der Waals surface area (Å²) in [4.78, 5) is 2.49. The van der Waals surface area contributed by atoms with Gasteiger partial charge in [0.05, 0.1) is 0 Å². The number of nitrogens with zero attached hydrogens (tertiary/aromatic N) is 1. The molecule has 0 N–H and O–H groups in total. The molecule has 0 saturated carbocycles. The minimum absolute atomic E-state index is 0.528. The summed E-state index contributed by atoms with van der Waals surface area (Å²) in [5.74, 6) is 0. The van der Waals surface area contributed by atoms with Gasteiger partial charge in [-0.2, -0.15) is 0 Å². The standard InChI is InChI=1S/C22H20NP/c1-4-11-19(12-5-1)23-18-10-17-22(23)24(20-13-6-2-7-14-20)21-15-8-3-9-16-21/h1-9,11-17H,10,18H2. The van der Waals surface area contributed by atoms with Gasteiger partial charge in [-0.25, -0.2) is 0 Å². The molecule has 1 heterocycles. The summed E-state index contributed by atoms with van der Waals surface area (Å²) in [5, 5.41) is 2.82. The largest absolute Gasteiger partial charge is 0.341 e. The van der Waals surface area contributed by atoms with Crippen molar-refractivity contribution in [1.29, 1.82) is 0 Å². The predicted molar refractivity (Wildman–Crippen MR) is 106 cm³/mol. The fraction of sp³-hybridized carbons (Fsp3) is 0.0909. The number of hydrogen-bond acceptors (Lipinski definition) is 1. The zero-order chi connectivity index (χ0) is 16.2. The van der Waals surface area contributed by atoms with Gasteiger partial charge in [-0.05, 0) is 29.2 Å². The molecule has 0 radical (unpaired) electrons. The minimum Gasteiger partial charge on any atom is -0.341 e. The van der Waals surface area contributed by atoms with Gasteiger partial charge in [-0.15, -0.1) is 0 Å². The second-order valence-corrected chi connectivity index (χ2v) is 8.01. The highest BCUT2D eigenvalue weighted by Gasteiger charge is 2.27. The van der Waals surface area contributed by atoms with Gasteiger partial charge in [0.15, 0.2) is 0 Å². The molecule has 0 fully saturated rings. The van der Waals surface area contributed by atoms with Gasteiger partial charge < -0.3 is 4.90 Å². The molecule has 0 aromatic heterocycles. The van der Waals surface area contributed by atoms with Gasteiger partial charge in [0, 0.05) is 25.6 Å². The highest BCUT2D eigenvalue weighted by molar-refractivity contribution is 7.76. The van der Waals surface area contributed by atoms with Crippen LogP contribution in [0.4, 0.5) is 5.69 Å². The molecule has 4 rings (SSSR count). The first-order chi connectivity index (χ1) is 11.9. The molecule has 1 aliphatic rings. The van der Waals surface area contributed by atoms with E-state index in [1.165, 1.54) is 21.7 Å². The van der Waals surface area contributed by atoms with E-state index >= 15 is 0 Å². The highest BCUT2D eigenvalue weighted by atomic mass is 31.1. The van der Waals surface area contributed by atoms with Crippen molar-refractivity contribution in [3.05, 3.63) is 103 Å². The average Bonchev–Trinajstić information content (AvgIpc) is 3.14. The summed E-state index contributed by atoms with van der Waals surface area (Å²) in [5.41, 5.74) is 2.74. The van der Waals surface area contributed by atoms with E-state index in [4.69, 9.17) is 0 Å². The third kappa shape index (κ3) is 3.00. The molecule has 0 aliphatic carbocycles. The Labute approximate surface area is 145 Å². The molecule has 24 heavy (non-hydrogen) atoms. The van der Waals surface area contributed by atoms with E-state index in [0.717, 1.165) is 13.0 Å². The summed E-state index contributed by atoms with van der Waals surface area (Å²) < 4.78 is 0. The lowest BCUT2D eigenvalue weighted by Crippen LogP contribution is -2.23. The lowest BCUT2D eigenvalue weighted by Gasteiger charge is -2.29. The summed E-state index contributed by atoms with van der Waals surface area (Å²) in [6, 6.07) is 32.6. The number of rotatable bonds is 4. The van der Waals surface area contributed by atoms with Crippen molar-refractivity contribution >= 4 is 24.2 Å². The molecule has 1 aliphatic heterocycles. The Bertz CT molecular complexity index is 773. The maximum atomic E-state index is 2.49. The Morgan fingerprint density at radius 2 is 1.12 bits per heavy atom. The molecule has 0 amide bonds. The lowest BCUT2D eigenvalue weighted by atomic mass is 10.3. The Morgan fingerprint density at radius 1 is 0.625 bits per heavy atom. The molecule has 118 valence electrons. The van der Waals surface area contributed by atoms with Crippen molar-refractivity contribution in [2.45, 2.75) is 6.42 Å². The van der Waals surface area contributed by atoms with Crippen LogP contribution >= 0.6 is 7.92 Å². The van der Waals surface area contributed by atoms with Gasteiger partial charge >= 0.3 is 0 Å². The van der Waals surface area contributed by atoms with Gasteiger partial charge in [0.2, 0.25) is 0 Å². The first-order valence-electron chi connectivity index (χ1n) is 8.36. The average molecular weight is 329 g/mol. The Kier molecular flexibility index (Phi) is 4.44. The second-order valence-electron chi connectivity index (χ2n) is 5.84. The van der Waals surface area contributed by atoms with Crippen LogP contribution < -0.4 is 15.5 Å². The lowest BCUT2D eigenvalue weighted by molar-refractivity contribution is 0.993. The first-order valence-corrected chi connectivity index (χ1v) is 9.70. The summed E-state index contributed by atoms with van der Waals surface area (Å²) in [7, 11) is -0.528. The second kappa shape index (κ2) is 7.03. The molecule has 1 nitrogen and oxygen atoms in total. The number of benzene rings is 3. The number of hydrogen-bond donors (Lipinski definition) is 0. The van der Waals surface area contributed by atoms with E-state index in [1.54, 1.807) is 0 Å². The third-order valence-electron chi connectivity index (χ3n) is 4.28. The van der Waals surface area contributed by atoms with E-state index < -0.39 is 7.92 Å². The Morgan fingerprint density at radius 3 is 1.67 bits per heavy atom. The summed E-state index contributed by atoms with van der Waals surface area (Å²) in [6.45, 7) is 1.07. The van der Waals surface area contributed by atoms with Crippen molar-refractivity contribution in [3.63, 3.8) is 0 Å². The van der Waals surface area contributed by atoms with Crippen molar-refractivity contribution in [3.8, 4) is 0 Å². The zero-order valence-electron chi connectivity index (χ0n) is 13.5. The molecule has 2 heteroatoms. The predicted octanol–water partition coefficient (Wildman–Crippen LogP) is 4.87. The van der Waals surface area contributed by atoms with Crippen molar-refractivity contribution in [2.24, 2.45) is 0 Å². The SMILES string of the molecule is C1=C(P(c2ccccc2)c2ccccc2)N(c2ccccc2)CC1. The van der Waals surface area contributed by atoms with Crippen molar-refractivity contribution in [2.75, 3.05) is 11.4 Å². The minimum atomic E-state index is -0.528. The molecule has 0 saturated heterocycles. The molecule has 0 bridgehead atoms. The van der Waals surface area contributed by atoms with Crippen molar-refractivity contribution < 1.29 is 0 Å². The molecule has 3 aromatic rings. The van der Waals surface area contributed by atoms with Crippen LogP contribution in [0, 0.1) is 0 Å². The first kappa shape index (κ1) is 15.2. The van der Waals surface area contributed by atoms with Gasteiger partial charge in [0.25, 0.3) is 0 Å². The van der Waals surface area contributed by atoms with Crippen LogP contribution in [-0.2, 0) is 0 Å². The summed E-state index contributed by atoms with van der Waals surface area (Å²) >= 11 is 0. The van der Waals surface area contributed by atoms with Crippen LogP contribution in [0.15, 0.2) is 103 Å². The van der Waals surface area contributed by atoms with E-state index in [9.17, 15) is 0 Å². The number of para-hydroxylation sites is 1. The van der Waals surface area contributed by atoms with Gasteiger partial charge in [0.1, 0.15) is 0 Å². The highest BCUT2D eigenvalue weighted by Crippen LogP contribution is 2.48. The number of anilines is 1. The Balaban J connectivity index is 1.79. The monoisotopic (exact) mass is 329 g/mol. The molecule has 0 unspecified atom stereocenters. The third-order valence-corrected chi connectivity index (χ3v) is 6.79. The van der Waals surface area contributed by atoms with E-state index in [-0.39, 0.29) is 0 Å². The van der Waals surface area contributed by atoms with Crippen LogP contribution in [0.2, 0.25) is 0 Å². The maximum absolute atomic E-state index is 2.49. The van der Waals surface area contributed by atoms with E-state index in [2.05, 4.69) is 102 Å². The molecular formula is C22H20NP. The topological polar surface area (TPSA) is 3.24 Å². The fourth-order valence-electron chi connectivity index (χ4n) is 3.20. The smallest absolute Gasteiger partial charge is 0.0466 e. The Hall–Kier alpha value is -2.37. The van der Waals surface area contributed by atoms with Crippen LogP contribution in [0.25, 0.3) is 0 Å². The van der Waals surface area contributed by atoms with E-state index in [0.29, 0.717) is 0 Å². The fourth-order valence-corrected chi connectivity index (χ4v) is 5.73. The molecule has 0 spiro atoms. The van der Waals surface area contributed by atoms with Gasteiger partial charge in [-0.3, -0.25) is 0 Å². The van der Waals surface area contributed by atoms with Crippen LogP contribution in [0.3, 0.4) is 0 Å². The molecule has 0 atom stereocenters. The zero-order valence-corrected chi connectivity index (χ0v) is 14.4. The maximum Gasteiger partial charge on any atom is 0.0466 e.